The van der Waals surface area contributed by atoms with Crippen molar-refractivity contribution in [3.63, 3.8) is 0 Å². The Bertz CT molecular complexity index is 618. The number of rotatable bonds is 4. The van der Waals surface area contributed by atoms with Crippen molar-refractivity contribution in [3.05, 3.63) is 18.1 Å². The number of nitrogens with one attached hydrogen (secondary N) is 1. The second-order valence-electron chi connectivity index (χ2n) is 4.96. The predicted octanol–water partition coefficient (Wildman–Crippen LogP) is 1.59. The summed E-state index contributed by atoms with van der Waals surface area (Å²) < 4.78 is 4.71. The number of carbonyl (C=O) groups excluding carboxylic acids is 1. The Hall–Kier alpha value is -2.11. The summed E-state index contributed by atoms with van der Waals surface area (Å²) in [5, 5.41) is 0.853. The first-order valence-electron chi connectivity index (χ1n) is 6.32. The fraction of sp³-hybridized carbons (Fsp3) is 0.462. The summed E-state index contributed by atoms with van der Waals surface area (Å²) in [7, 11) is 3.38. The minimum absolute atomic E-state index is 0.395. The normalized spacial score (nSPS) is 14.6. The van der Waals surface area contributed by atoms with E-state index in [1.807, 2.05) is 7.05 Å². The van der Waals surface area contributed by atoms with Gasteiger partial charge in [-0.05, 0) is 24.8 Å². The fourth-order valence-corrected chi connectivity index (χ4v) is 2.23. The molecule has 2 heterocycles. The second-order valence-corrected chi connectivity index (χ2v) is 4.96. The van der Waals surface area contributed by atoms with Crippen LogP contribution in [0, 0.1) is 5.92 Å². The summed E-state index contributed by atoms with van der Waals surface area (Å²) >= 11 is 0. The third-order valence-electron chi connectivity index (χ3n) is 3.40. The third-order valence-corrected chi connectivity index (χ3v) is 3.40. The predicted molar refractivity (Wildman–Crippen MR) is 71.2 cm³/mol. The first-order chi connectivity index (χ1) is 9.19. The molecule has 0 spiro atoms. The molecule has 1 aliphatic rings. The van der Waals surface area contributed by atoms with Gasteiger partial charge in [-0.15, -0.1) is 0 Å². The molecule has 3 rings (SSSR count). The monoisotopic (exact) mass is 260 g/mol. The van der Waals surface area contributed by atoms with Crippen molar-refractivity contribution < 1.29 is 9.53 Å². The number of carbonyl (C=O) groups is 1. The first kappa shape index (κ1) is 12.0. The Morgan fingerprint density at radius 2 is 2.32 bits per heavy atom. The van der Waals surface area contributed by atoms with Crippen LogP contribution in [0.15, 0.2) is 12.4 Å². The Morgan fingerprint density at radius 3 is 3.00 bits per heavy atom. The standard InChI is InChI=1S/C13H16N4O2/c1-17(6-8-3-4-8)12-9-5-10(13(18)19-2)16-11(9)14-7-15-12/h5,7-8H,3-4,6H2,1-2H3,(H,14,15,16). The molecule has 19 heavy (non-hydrogen) atoms. The van der Waals surface area contributed by atoms with Gasteiger partial charge in [0.05, 0.1) is 12.5 Å². The molecule has 100 valence electrons. The van der Waals surface area contributed by atoms with Crippen LogP contribution in [0.5, 0.6) is 0 Å². The number of aromatic nitrogens is 3. The zero-order chi connectivity index (χ0) is 13.4. The molecule has 1 N–H and O–H groups in total. The van der Waals surface area contributed by atoms with Gasteiger partial charge in [-0.1, -0.05) is 0 Å². The molecule has 1 fully saturated rings. The van der Waals surface area contributed by atoms with E-state index in [0.717, 1.165) is 23.7 Å². The summed E-state index contributed by atoms with van der Waals surface area (Å²) in [6.45, 7) is 0.991. The molecule has 0 aromatic carbocycles. The average molecular weight is 260 g/mol. The van der Waals surface area contributed by atoms with Crippen molar-refractivity contribution in [2.75, 3.05) is 25.6 Å². The highest BCUT2D eigenvalue weighted by atomic mass is 16.5. The van der Waals surface area contributed by atoms with Crippen LogP contribution in [0.2, 0.25) is 0 Å². The minimum atomic E-state index is -0.395. The van der Waals surface area contributed by atoms with Gasteiger partial charge < -0.3 is 14.6 Å². The van der Waals surface area contributed by atoms with Crippen molar-refractivity contribution in [2.24, 2.45) is 5.92 Å². The summed E-state index contributed by atoms with van der Waals surface area (Å²) in [5.41, 5.74) is 1.06. The van der Waals surface area contributed by atoms with Gasteiger partial charge in [0.15, 0.2) is 0 Å². The van der Waals surface area contributed by atoms with Crippen molar-refractivity contribution in [1.29, 1.82) is 0 Å². The number of hydrogen-bond acceptors (Lipinski definition) is 5. The van der Waals surface area contributed by atoms with Gasteiger partial charge >= 0.3 is 5.97 Å². The Balaban J connectivity index is 1.98. The van der Waals surface area contributed by atoms with Gasteiger partial charge in [0.25, 0.3) is 0 Å². The average Bonchev–Trinajstić information content (AvgIpc) is 3.12. The van der Waals surface area contributed by atoms with Gasteiger partial charge in [0.1, 0.15) is 23.5 Å². The number of ether oxygens (including phenoxy) is 1. The van der Waals surface area contributed by atoms with Crippen molar-refractivity contribution >= 4 is 22.8 Å². The van der Waals surface area contributed by atoms with Gasteiger partial charge in [0, 0.05) is 13.6 Å². The quantitative estimate of drug-likeness (QED) is 0.845. The van der Waals surface area contributed by atoms with E-state index in [1.165, 1.54) is 26.3 Å². The number of hydrogen-bond donors (Lipinski definition) is 1. The van der Waals surface area contributed by atoms with Gasteiger partial charge in [0.2, 0.25) is 0 Å². The molecule has 2 aromatic heterocycles. The maximum Gasteiger partial charge on any atom is 0.354 e. The zero-order valence-corrected chi connectivity index (χ0v) is 11.0. The Morgan fingerprint density at radius 1 is 1.53 bits per heavy atom. The van der Waals surface area contributed by atoms with Crippen molar-refractivity contribution in [1.82, 2.24) is 15.0 Å². The first-order valence-corrected chi connectivity index (χ1v) is 6.32. The van der Waals surface area contributed by atoms with Gasteiger partial charge in [-0.2, -0.15) is 0 Å². The number of methoxy groups -OCH3 is 1. The lowest BCUT2D eigenvalue weighted by molar-refractivity contribution is 0.0595. The molecule has 0 amide bonds. The van der Waals surface area contributed by atoms with Crippen LogP contribution in [-0.2, 0) is 4.74 Å². The molecular weight excluding hydrogens is 244 g/mol. The SMILES string of the molecule is COC(=O)c1cc2c(N(C)CC3CC3)ncnc2[nH]1. The molecule has 1 saturated carbocycles. The van der Waals surface area contributed by atoms with Crippen molar-refractivity contribution in [3.8, 4) is 0 Å². The zero-order valence-electron chi connectivity index (χ0n) is 11.0. The molecule has 0 aliphatic heterocycles. The number of fused-ring (bicyclic) bond motifs is 1. The van der Waals surface area contributed by atoms with Crippen molar-refractivity contribution in [2.45, 2.75) is 12.8 Å². The smallest absolute Gasteiger partial charge is 0.354 e. The molecule has 6 heteroatoms. The minimum Gasteiger partial charge on any atom is -0.464 e. The molecule has 0 bridgehead atoms. The maximum absolute atomic E-state index is 11.5. The van der Waals surface area contributed by atoms with Crippen LogP contribution in [0.3, 0.4) is 0 Å². The van der Waals surface area contributed by atoms with Gasteiger partial charge in [-0.25, -0.2) is 14.8 Å². The van der Waals surface area contributed by atoms with E-state index >= 15 is 0 Å². The number of esters is 1. The number of aromatic amines is 1. The van der Waals surface area contributed by atoms with Crippen LogP contribution >= 0.6 is 0 Å². The Labute approximate surface area is 110 Å². The van der Waals surface area contributed by atoms with E-state index in [9.17, 15) is 4.79 Å². The van der Waals surface area contributed by atoms with E-state index in [2.05, 4.69) is 19.9 Å². The number of H-pyrrole nitrogens is 1. The lowest BCUT2D eigenvalue weighted by atomic mass is 10.3. The molecule has 2 aromatic rings. The van der Waals surface area contributed by atoms with E-state index in [0.29, 0.717) is 11.3 Å². The van der Waals surface area contributed by atoms with Gasteiger partial charge in [-0.3, -0.25) is 0 Å². The largest absolute Gasteiger partial charge is 0.464 e. The second kappa shape index (κ2) is 4.53. The number of nitrogens with zero attached hydrogens (tertiary/aromatic N) is 3. The van der Waals surface area contributed by atoms with Crippen LogP contribution in [0.1, 0.15) is 23.3 Å². The van der Waals surface area contributed by atoms with Crippen LogP contribution in [-0.4, -0.2) is 41.6 Å². The molecule has 0 radical (unpaired) electrons. The third kappa shape index (κ3) is 2.25. The number of anilines is 1. The highest BCUT2D eigenvalue weighted by Crippen LogP contribution is 2.32. The van der Waals surface area contributed by atoms with E-state index in [-0.39, 0.29) is 0 Å². The highest BCUT2D eigenvalue weighted by Gasteiger charge is 2.24. The molecular formula is C13H16N4O2. The summed E-state index contributed by atoms with van der Waals surface area (Å²) in [6.07, 6.45) is 4.09. The fourth-order valence-electron chi connectivity index (χ4n) is 2.23. The van der Waals surface area contributed by atoms with Crippen LogP contribution in [0.4, 0.5) is 5.82 Å². The molecule has 1 aliphatic carbocycles. The Kier molecular flexibility index (Phi) is 2.85. The molecule has 0 atom stereocenters. The van der Waals surface area contributed by atoms with E-state index < -0.39 is 5.97 Å². The van der Waals surface area contributed by atoms with Crippen LogP contribution in [0.25, 0.3) is 11.0 Å². The lowest BCUT2D eigenvalue weighted by Crippen LogP contribution is -2.21. The summed E-state index contributed by atoms with van der Waals surface area (Å²) in [5.74, 6) is 1.23. The van der Waals surface area contributed by atoms with E-state index in [4.69, 9.17) is 4.74 Å². The lowest BCUT2D eigenvalue weighted by Gasteiger charge is -2.17. The van der Waals surface area contributed by atoms with E-state index in [1.54, 1.807) is 6.07 Å². The summed E-state index contributed by atoms with van der Waals surface area (Å²) in [6, 6.07) is 1.75. The molecule has 6 nitrogen and oxygen atoms in total. The summed E-state index contributed by atoms with van der Waals surface area (Å²) in [4.78, 5) is 25.1. The molecule has 0 saturated heterocycles. The highest BCUT2D eigenvalue weighted by molar-refractivity contribution is 5.97. The molecule has 0 unspecified atom stereocenters. The maximum atomic E-state index is 11.5. The van der Waals surface area contributed by atoms with Crippen LogP contribution < -0.4 is 4.90 Å². The topological polar surface area (TPSA) is 71.1 Å².